The Kier molecular flexibility index (Phi) is 5.58. The lowest BCUT2D eigenvalue weighted by Gasteiger charge is -2.13. The molecule has 6 heteroatoms. The van der Waals surface area contributed by atoms with Gasteiger partial charge in [-0.1, -0.05) is 41.4 Å². The van der Waals surface area contributed by atoms with Gasteiger partial charge in [0.2, 0.25) is 5.95 Å². The van der Waals surface area contributed by atoms with Crippen molar-refractivity contribution in [3.8, 4) is 5.75 Å². The third-order valence-electron chi connectivity index (χ3n) is 3.81. The highest BCUT2D eigenvalue weighted by Gasteiger charge is 2.08. The minimum absolute atomic E-state index is 0.565. The molecule has 0 saturated carbocycles. The zero-order chi connectivity index (χ0) is 18.5. The molecule has 1 heterocycles. The van der Waals surface area contributed by atoms with Crippen molar-refractivity contribution in [2.45, 2.75) is 20.4 Å². The van der Waals surface area contributed by atoms with Gasteiger partial charge in [-0.2, -0.15) is 4.98 Å². The molecule has 5 nitrogen and oxygen atoms in total. The van der Waals surface area contributed by atoms with Gasteiger partial charge in [0.1, 0.15) is 11.6 Å². The quantitative estimate of drug-likeness (QED) is 0.633. The van der Waals surface area contributed by atoms with Crippen molar-refractivity contribution in [3.63, 3.8) is 0 Å². The van der Waals surface area contributed by atoms with E-state index in [0.717, 1.165) is 11.4 Å². The van der Waals surface area contributed by atoms with Crippen molar-refractivity contribution in [1.82, 2.24) is 9.97 Å². The molecule has 1 aromatic heterocycles. The second-order valence-electron chi connectivity index (χ2n) is 6.03. The van der Waals surface area contributed by atoms with E-state index < -0.39 is 0 Å². The van der Waals surface area contributed by atoms with Gasteiger partial charge in [0.05, 0.1) is 12.8 Å². The molecule has 0 spiro atoms. The first kappa shape index (κ1) is 18.0. The molecular weight excluding hydrogens is 348 g/mol. The summed E-state index contributed by atoms with van der Waals surface area (Å²) in [4.78, 5) is 8.99. The third kappa shape index (κ3) is 4.64. The number of nitrogens with one attached hydrogen (secondary N) is 2. The lowest BCUT2D eigenvalue weighted by Crippen LogP contribution is -2.06. The molecule has 0 aliphatic rings. The fourth-order valence-corrected chi connectivity index (χ4v) is 2.80. The molecule has 26 heavy (non-hydrogen) atoms. The van der Waals surface area contributed by atoms with Crippen molar-refractivity contribution in [3.05, 3.63) is 70.4 Å². The maximum absolute atomic E-state index is 6.09. The SMILES string of the molecule is COc1ccc(Cl)cc1Nc1cc(C)nc(NCc2cccc(C)c2)n1. The highest BCUT2D eigenvalue weighted by Crippen LogP contribution is 2.30. The average molecular weight is 369 g/mol. The maximum atomic E-state index is 6.09. The van der Waals surface area contributed by atoms with E-state index in [1.807, 2.05) is 25.1 Å². The molecule has 134 valence electrons. The summed E-state index contributed by atoms with van der Waals surface area (Å²) in [7, 11) is 1.62. The van der Waals surface area contributed by atoms with E-state index in [1.54, 1.807) is 19.2 Å². The predicted octanol–water partition coefficient (Wildman–Crippen LogP) is 5.11. The van der Waals surface area contributed by atoms with Crippen LogP contribution in [0.4, 0.5) is 17.5 Å². The number of nitrogens with zero attached hydrogens (tertiary/aromatic N) is 2. The zero-order valence-corrected chi connectivity index (χ0v) is 15.8. The van der Waals surface area contributed by atoms with E-state index in [-0.39, 0.29) is 0 Å². The van der Waals surface area contributed by atoms with Crippen molar-refractivity contribution in [2.75, 3.05) is 17.7 Å². The van der Waals surface area contributed by atoms with Gasteiger partial charge < -0.3 is 15.4 Å². The molecule has 3 aromatic rings. The number of rotatable bonds is 6. The van der Waals surface area contributed by atoms with Gasteiger partial charge in [-0.15, -0.1) is 0 Å². The topological polar surface area (TPSA) is 59.1 Å². The van der Waals surface area contributed by atoms with Crippen molar-refractivity contribution in [1.29, 1.82) is 0 Å². The first-order valence-electron chi connectivity index (χ1n) is 8.29. The normalized spacial score (nSPS) is 10.5. The lowest BCUT2D eigenvalue weighted by atomic mass is 10.1. The maximum Gasteiger partial charge on any atom is 0.225 e. The number of hydrogen-bond donors (Lipinski definition) is 2. The number of aryl methyl sites for hydroxylation is 2. The summed E-state index contributed by atoms with van der Waals surface area (Å²) in [5.74, 6) is 1.93. The molecule has 0 amide bonds. The van der Waals surface area contributed by atoms with Crippen molar-refractivity contribution < 1.29 is 4.74 Å². The highest BCUT2D eigenvalue weighted by molar-refractivity contribution is 6.31. The Bertz CT molecular complexity index is 914. The Hall–Kier alpha value is -2.79. The number of methoxy groups -OCH3 is 1. The number of ether oxygens (including phenoxy) is 1. The van der Waals surface area contributed by atoms with Gasteiger partial charge in [0.15, 0.2) is 0 Å². The molecule has 0 atom stereocenters. The lowest BCUT2D eigenvalue weighted by molar-refractivity contribution is 0.417. The van der Waals surface area contributed by atoms with Gasteiger partial charge in [-0.05, 0) is 37.6 Å². The summed E-state index contributed by atoms with van der Waals surface area (Å²) < 4.78 is 5.37. The molecule has 0 radical (unpaired) electrons. The summed E-state index contributed by atoms with van der Waals surface area (Å²) in [5.41, 5.74) is 4.02. The van der Waals surface area contributed by atoms with E-state index in [4.69, 9.17) is 16.3 Å². The Morgan fingerprint density at radius 3 is 2.65 bits per heavy atom. The number of anilines is 3. The van der Waals surface area contributed by atoms with Crippen LogP contribution in [0.3, 0.4) is 0 Å². The summed E-state index contributed by atoms with van der Waals surface area (Å²) in [5, 5.41) is 7.15. The number of hydrogen-bond acceptors (Lipinski definition) is 5. The van der Waals surface area contributed by atoms with Gasteiger partial charge >= 0.3 is 0 Å². The van der Waals surface area contributed by atoms with Gasteiger partial charge in [-0.3, -0.25) is 0 Å². The Morgan fingerprint density at radius 2 is 1.88 bits per heavy atom. The van der Waals surface area contributed by atoms with Gasteiger partial charge in [0.25, 0.3) is 0 Å². The van der Waals surface area contributed by atoms with E-state index in [0.29, 0.717) is 29.1 Å². The summed E-state index contributed by atoms with van der Waals surface area (Å²) >= 11 is 6.09. The fraction of sp³-hybridized carbons (Fsp3) is 0.200. The third-order valence-corrected chi connectivity index (χ3v) is 4.05. The minimum Gasteiger partial charge on any atom is -0.495 e. The summed E-state index contributed by atoms with van der Waals surface area (Å²) in [6.07, 6.45) is 0. The Labute approximate surface area is 158 Å². The molecule has 0 aliphatic carbocycles. The molecule has 0 fully saturated rings. The first-order chi connectivity index (χ1) is 12.5. The number of aromatic nitrogens is 2. The van der Waals surface area contributed by atoms with Crippen LogP contribution in [0.1, 0.15) is 16.8 Å². The smallest absolute Gasteiger partial charge is 0.225 e. The molecule has 2 aromatic carbocycles. The second-order valence-corrected chi connectivity index (χ2v) is 6.47. The van der Waals surface area contributed by atoms with E-state index in [1.165, 1.54) is 11.1 Å². The molecule has 0 saturated heterocycles. The van der Waals surface area contributed by atoms with Crippen LogP contribution in [0.15, 0.2) is 48.5 Å². The molecule has 0 aliphatic heterocycles. The standard InChI is InChI=1S/C20H21ClN4O/c1-13-5-4-6-15(9-13)12-22-20-23-14(2)10-19(25-20)24-17-11-16(21)7-8-18(17)26-3/h4-11H,12H2,1-3H3,(H2,22,23,24,25). The van der Waals surface area contributed by atoms with Crippen LogP contribution in [0, 0.1) is 13.8 Å². The minimum atomic E-state index is 0.565. The summed E-state index contributed by atoms with van der Waals surface area (Å²) in [6, 6.07) is 15.6. The van der Waals surface area contributed by atoms with Crippen LogP contribution in [0.25, 0.3) is 0 Å². The summed E-state index contributed by atoms with van der Waals surface area (Å²) in [6.45, 7) is 4.66. The second kappa shape index (κ2) is 8.06. The number of benzene rings is 2. The first-order valence-corrected chi connectivity index (χ1v) is 8.67. The largest absolute Gasteiger partial charge is 0.495 e. The van der Waals surface area contributed by atoms with E-state index in [2.05, 4.69) is 45.7 Å². The van der Waals surface area contributed by atoms with Crippen LogP contribution in [-0.4, -0.2) is 17.1 Å². The van der Waals surface area contributed by atoms with Crippen LogP contribution >= 0.6 is 11.6 Å². The predicted molar refractivity (Wildman–Crippen MR) is 107 cm³/mol. The Balaban J connectivity index is 1.78. The Morgan fingerprint density at radius 1 is 1.04 bits per heavy atom. The van der Waals surface area contributed by atoms with Crippen molar-refractivity contribution >= 4 is 29.1 Å². The van der Waals surface area contributed by atoms with Crippen LogP contribution in [0.5, 0.6) is 5.75 Å². The molecule has 3 rings (SSSR count). The van der Waals surface area contributed by atoms with Gasteiger partial charge in [-0.25, -0.2) is 4.98 Å². The molecular formula is C20H21ClN4O. The van der Waals surface area contributed by atoms with Crippen LogP contribution in [0.2, 0.25) is 5.02 Å². The van der Waals surface area contributed by atoms with Gasteiger partial charge in [0, 0.05) is 23.3 Å². The zero-order valence-electron chi connectivity index (χ0n) is 15.0. The number of halogens is 1. The monoisotopic (exact) mass is 368 g/mol. The van der Waals surface area contributed by atoms with Crippen molar-refractivity contribution in [2.24, 2.45) is 0 Å². The van der Waals surface area contributed by atoms with Crippen LogP contribution < -0.4 is 15.4 Å². The molecule has 2 N–H and O–H groups in total. The average Bonchev–Trinajstić information content (AvgIpc) is 2.60. The molecule has 0 unspecified atom stereocenters. The van der Waals surface area contributed by atoms with E-state index in [9.17, 15) is 0 Å². The fourth-order valence-electron chi connectivity index (χ4n) is 2.63. The van der Waals surface area contributed by atoms with E-state index >= 15 is 0 Å². The molecule has 0 bridgehead atoms. The van der Waals surface area contributed by atoms with Crippen LogP contribution in [-0.2, 0) is 6.54 Å². The highest BCUT2D eigenvalue weighted by atomic mass is 35.5.